The summed E-state index contributed by atoms with van der Waals surface area (Å²) in [5, 5.41) is 0. The maximum absolute atomic E-state index is 14.2. The third-order valence-electron chi connectivity index (χ3n) is 5.61. The van der Waals surface area contributed by atoms with Crippen molar-refractivity contribution in [2.75, 3.05) is 13.2 Å². The van der Waals surface area contributed by atoms with Crippen LogP contribution in [0, 0.1) is 11.6 Å². The monoisotopic (exact) mass is 418 g/mol. The van der Waals surface area contributed by atoms with Gasteiger partial charge in [0.2, 0.25) is 5.82 Å². The summed E-state index contributed by atoms with van der Waals surface area (Å²) in [5.74, 6) is -1.63. The summed E-state index contributed by atoms with van der Waals surface area (Å²) in [4.78, 5) is 0. The smallest absolute Gasteiger partial charge is 0.200 e. The molecule has 3 nitrogen and oxygen atoms in total. The molecule has 0 bridgehead atoms. The van der Waals surface area contributed by atoms with Gasteiger partial charge in [0.1, 0.15) is 0 Å². The van der Waals surface area contributed by atoms with Gasteiger partial charge < -0.3 is 14.2 Å². The van der Waals surface area contributed by atoms with E-state index in [2.05, 4.69) is 31.2 Å². The minimum Gasteiger partial charge on any atom is -0.491 e. The molecule has 2 aromatic carbocycles. The Kier molecular flexibility index (Phi) is 8.64. The molecule has 1 saturated heterocycles. The van der Waals surface area contributed by atoms with E-state index in [0.29, 0.717) is 12.5 Å². The molecule has 30 heavy (non-hydrogen) atoms. The van der Waals surface area contributed by atoms with Gasteiger partial charge in [0.05, 0.1) is 19.8 Å². The molecule has 0 aliphatic carbocycles. The highest BCUT2D eigenvalue weighted by molar-refractivity contribution is 5.31. The van der Waals surface area contributed by atoms with Gasteiger partial charge in [-0.25, -0.2) is 4.39 Å². The van der Waals surface area contributed by atoms with Crippen LogP contribution < -0.4 is 4.74 Å². The molecule has 0 radical (unpaired) electrons. The Morgan fingerprint density at radius 2 is 1.77 bits per heavy atom. The van der Waals surface area contributed by atoms with Gasteiger partial charge in [-0.15, -0.1) is 0 Å². The zero-order valence-electron chi connectivity index (χ0n) is 18.0. The molecule has 164 valence electrons. The number of halogens is 2. The highest BCUT2D eigenvalue weighted by Crippen LogP contribution is 2.30. The van der Waals surface area contributed by atoms with E-state index >= 15 is 0 Å². The Hall–Kier alpha value is -1.98. The predicted octanol–water partition coefficient (Wildman–Crippen LogP) is 6.53. The van der Waals surface area contributed by atoms with Crippen LogP contribution in [-0.2, 0) is 22.5 Å². The van der Waals surface area contributed by atoms with E-state index < -0.39 is 17.9 Å². The quantitative estimate of drug-likeness (QED) is 0.410. The van der Waals surface area contributed by atoms with Crippen molar-refractivity contribution in [2.24, 2.45) is 0 Å². The molecule has 0 saturated carbocycles. The summed E-state index contributed by atoms with van der Waals surface area (Å²) >= 11 is 0. The van der Waals surface area contributed by atoms with Crippen LogP contribution in [0.5, 0.6) is 5.75 Å². The average molecular weight is 419 g/mol. The summed E-state index contributed by atoms with van der Waals surface area (Å²) in [5.41, 5.74) is 2.84. The lowest BCUT2D eigenvalue weighted by Gasteiger charge is -2.29. The van der Waals surface area contributed by atoms with Crippen LogP contribution in [0.2, 0.25) is 0 Å². The second-order valence-electron chi connectivity index (χ2n) is 7.83. The number of rotatable bonds is 10. The summed E-state index contributed by atoms with van der Waals surface area (Å²) in [6.07, 6.45) is 6.15. The molecular formula is C25H32F2O3. The van der Waals surface area contributed by atoms with E-state index in [4.69, 9.17) is 14.2 Å². The summed E-state index contributed by atoms with van der Waals surface area (Å²) in [7, 11) is 0. The Morgan fingerprint density at radius 3 is 2.43 bits per heavy atom. The van der Waals surface area contributed by atoms with Crippen molar-refractivity contribution < 1.29 is 23.0 Å². The van der Waals surface area contributed by atoms with E-state index in [1.807, 2.05) is 0 Å². The number of hydrogen-bond donors (Lipinski definition) is 0. The zero-order valence-corrected chi connectivity index (χ0v) is 18.0. The molecule has 0 amide bonds. The van der Waals surface area contributed by atoms with Gasteiger partial charge in [0, 0.05) is 11.5 Å². The van der Waals surface area contributed by atoms with Crippen molar-refractivity contribution >= 4 is 0 Å². The number of ether oxygens (including phenoxy) is 3. The summed E-state index contributed by atoms with van der Waals surface area (Å²) in [6, 6.07) is 11.8. The molecule has 5 heteroatoms. The summed E-state index contributed by atoms with van der Waals surface area (Å²) in [6.45, 7) is 4.77. The molecule has 1 aliphatic heterocycles. The van der Waals surface area contributed by atoms with E-state index in [1.54, 1.807) is 6.92 Å². The standard InChI is InChI=1S/C25H32F2O3/c1-3-5-6-7-18-8-10-19(11-9-18)20-13-15-23(29-16-20)30-17-21-12-14-22(28-4-2)25(27)24(21)26/h8-12,14,20,23H,3-7,13,15-17H2,1-2H3. The molecular weight excluding hydrogens is 386 g/mol. The van der Waals surface area contributed by atoms with E-state index in [0.717, 1.165) is 19.3 Å². The molecule has 2 unspecified atom stereocenters. The summed E-state index contributed by atoms with van der Waals surface area (Å²) < 4.78 is 44.8. The lowest BCUT2D eigenvalue weighted by Crippen LogP contribution is -2.27. The topological polar surface area (TPSA) is 27.7 Å². The van der Waals surface area contributed by atoms with Crippen LogP contribution in [0.4, 0.5) is 8.78 Å². The molecule has 0 aromatic heterocycles. The van der Waals surface area contributed by atoms with Gasteiger partial charge in [-0.2, -0.15) is 4.39 Å². The Balaban J connectivity index is 1.46. The Morgan fingerprint density at radius 1 is 0.967 bits per heavy atom. The first-order valence-electron chi connectivity index (χ1n) is 11.0. The predicted molar refractivity (Wildman–Crippen MR) is 114 cm³/mol. The maximum Gasteiger partial charge on any atom is 0.200 e. The Bertz CT molecular complexity index is 784. The Labute approximate surface area is 178 Å². The highest BCUT2D eigenvalue weighted by Gasteiger charge is 2.24. The highest BCUT2D eigenvalue weighted by atomic mass is 19.2. The minimum atomic E-state index is -0.972. The molecule has 0 N–H and O–H groups in total. The van der Waals surface area contributed by atoms with Crippen molar-refractivity contribution in [2.45, 2.75) is 71.2 Å². The molecule has 2 atom stereocenters. The van der Waals surface area contributed by atoms with E-state index in [9.17, 15) is 8.78 Å². The van der Waals surface area contributed by atoms with Crippen LogP contribution in [-0.4, -0.2) is 19.5 Å². The van der Waals surface area contributed by atoms with Gasteiger partial charge in [-0.05, 0) is 55.9 Å². The van der Waals surface area contributed by atoms with E-state index in [1.165, 1.54) is 42.5 Å². The van der Waals surface area contributed by atoms with Crippen molar-refractivity contribution in [3.05, 3.63) is 64.7 Å². The molecule has 2 aromatic rings. The number of aryl methyl sites for hydroxylation is 1. The molecule has 3 rings (SSSR count). The molecule has 1 heterocycles. The van der Waals surface area contributed by atoms with Crippen molar-refractivity contribution in [1.82, 2.24) is 0 Å². The molecule has 1 fully saturated rings. The fourth-order valence-corrected chi connectivity index (χ4v) is 3.79. The van der Waals surface area contributed by atoms with E-state index in [-0.39, 0.29) is 24.5 Å². The minimum absolute atomic E-state index is 0.0308. The normalized spacial score (nSPS) is 19.1. The van der Waals surface area contributed by atoms with Crippen LogP contribution in [0.3, 0.4) is 0 Å². The van der Waals surface area contributed by atoms with Gasteiger partial charge in [0.15, 0.2) is 17.9 Å². The van der Waals surface area contributed by atoms with Crippen LogP contribution in [0.1, 0.15) is 68.6 Å². The SMILES string of the molecule is CCCCCc1ccc(C2CCC(OCc3ccc(OCC)c(F)c3F)OC2)cc1. The number of hydrogen-bond acceptors (Lipinski definition) is 3. The lowest BCUT2D eigenvalue weighted by atomic mass is 9.92. The third-order valence-corrected chi connectivity index (χ3v) is 5.61. The van der Waals surface area contributed by atoms with Crippen LogP contribution in [0.25, 0.3) is 0 Å². The number of benzene rings is 2. The largest absolute Gasteiger partial charge is 0.491 e. The van der Waals surface area contributed by atoms with Crippen molar-refractivity contribution in [1.29, 1.82) is 0 Å². The van der Waals surface area contributed by atoms with Gasteiger partial charge in [-0.1, -0.05) is 44.0 Å². The van der Waals surface area contributed by atoms with Crippen molar-refractivity contribution in [3.63, 3.8) is 0 Å². The fourth-order valence-electron chi connectivity index (χ4n) is 3.79. The first-order chi connectivity index (χ1) is 14.6. The second-order valence-corrected chi connectivity index (χ2v) is 7.83. The van der Waals surface area contributed by atoms with Crippen LogP contribution >= 0.6 is 0 Å². The van der Waals surface area contributed by atoms with Gasteiger partial charge in [0.25, 0.3) is 0 Å². The van der Waals surface area contributed by atoms with Gasteiger partial charge in [-0.3, -0.25) is 0 Å². The fraction of sp³-hybridized carbons (Fsp3) is 0.520. The molecule has 0 spiro atoms. The van der Waals surface area contributed by atoms with Gasteiger partial charge >= 0.3 is 0 Å². The number of unbranched alkanes of at least 4 members (excludes halogenated alkanes) is 2. The van der Waals surface area contributed by atoms with Crippen LogP contribution in [0.15, 0.2) is 36.4 Å². The first kappa shape index (κ1) is 22.7. The third kappa shape index (κ3) is 6.02. The second kappa shape index (κ2) is 11.4. The average Bonchev–Trinajstić information content (AvgIpc) is 2.78. The maximum atomic E-state index is 14.2. The zero-order chi connectivity index (χ0) is 21.3. The molecule has 1 aliphatic rings. The lowest BCUT2D eigenvalue weighted by molar-refractivity contribution is -0.174. The van der Waals surface area contributed by atoms with Crippen molar-refractivity contribution in [3.8, 4) is 5.75 Å². The first-order valence-corrected chi connectivity index (χ1v) is 11.0.